The molecule has 0 saturated carbocycles. The molecular formula is C13H17ClN4. The van der Waals surface area contributed by atoms with E-state index in [0.717, 1.165) is 35.1 Å². The molecule has 0 radical (unpaired) electrons. The first-order valence-corrected chi connectivity index (χ1v) is 6.40. The summed E-state index contributed by atoms with van der Waals surface area (Å²) in [6.45, 7) is 3.46. The molecule has 3 N–H and O–H groups in total. The lowest BCUT2D eigenvalue weighted by atomic mass is 10.2. The normalized spacial score (nSPS) is 10.6. The molecule has 0 fully saturated rings. The largest absolute Gasteiger partial charge is 0.381 e. The third-order valence-corrected chi connectivity index (χ3v) is 2.99. The van der Waals surface area contributed by atoms with Crippen molar-refractivity contribution in [3.63, 3.8) is 0 Å². The summed E-state index contributed by atoms with van der Waals surface area (Å²) in [5.41, 5.74) is 8.69. The third-order valence-electron chi connectivity index (χ3n) is 2.73. The molecule has 4 nitrogen and oxygen atoms in total. The molecule has 0 aliphatic carbocycles. The van der Waals surface area contributed by atoms with Gasteiger partial charge in [-0.2, -0.15) is 5.10 Å². The number of nitrogens with one attached hydrogen (secondary N) is 1. The van der Waals surface area contributed by atoms with Crippen LogP contribution in [-0.2, 0) is 6.42 Å². The summed E-state index contributed by atoms with van der Waals surface area (Å²) < 4.78 is 1.93. The number of halogens is 1. The zero-order valence-corrected chi connectivity index (χ0v) is 11.1. The second-order valence-electron chi connectivity index (χ2n) is 3.96. The van der Waals surface area contributed by atoms with E-state index in [0.29, 0.717) is 6.54 Å². The summed E-state index contributed by atoms with van der Waals surface area (Å²) >= 11 is 5.89. The summed E-state index contributed by atoms with van der Waals surface area (Å²) in [7, 11) is 0. The Morgan fingerprint density at radius 3 is 2.67 bits per heavy atom. The minimum atomic E-state index is 0.606. The van der Waals surface area contributed by atoms with Crippen LogP contribution in [0.15, 0.2) is 30.5 Å². The van der Waals surface area contributed by atoms with Crippen LogP contribution in [0.2, 0.25) is 5.02 Å². The van der Waals surface area contributed by atoms with Gasteiger partial charge in [0.05, 0.1) is 23.3 Å². The molecule has 18 heavy (non-hydrogen) atoms. The van der Waals surface area contributed by atoms with Gasteiger partial charge in [-0.25, -0.2) is 4.68 Å². The lowest BCUT2D eigenvalue weighted by Gasteiger charge is -2.09. The van der Waals surface area contributed by atoms with Gasteiger partial charge in [-0.05, 0) is 30.7 Å². The molecule has 2 aromatic rings. The smallest absolute Gasteiger partial charge is 0.0764 e. The maximum absolute atomic E-state index is 5.89. The summed E-state index contributed by atoms with van der Waals surface area (Å²) in [5.74, 6) is 0. The van der Waals surface area contributed by atoms with Gasteiger partial charge in [0.1, 0.15) is 0 Å². The molecule has 5 heteroatoms. The molecule has 0 saturated heterocycles. The Labute approximate surface area is 112 Å². The SMILES string of the molecule is CCc1c(NCCN)cnn1-c1ccc(Cl)cc1. The highest BCUT2D eigenvalue weighted by Gasteiger charge is 2.09. The van der Waals surface area contributed by atoms with Crippen molar-refractivity contribution in [2.24, 2.45) is 5.73 Å². The Kier molecular flexibility index (Phi) is 4.23. The number of aromatic nitrogens is 2. The van der Waals surface area contributed by atoms with E-state index < -0.39 is 0 Å². The fourth-order valence-electron chi connectivity index (χ4n) is 1.87. The summed E-state index contributed by atoms with van der Waals surface area (Å²) in [6, 6.07) is 7.65. The van der Waals surface area contributed by atoms with Gasteiger partial charge in [-0.1, -0.05) is 18.5 Å². The van der Waals surface area contributed by atoms with Gasteiger partial charge in [-0.15, -0.1) is 0 Å². The van der Waals surface area contributed by atoms with Crippen molar-refractivity contribution >= 4 is 17.3 Å². The zero-order valence-electron chi connectivity index (χ0n) is 10.4. The van der Waals surface area contributed by atoms with E-state index in [1.165, 1.54) is 0 Å². The fourth-order valence-corrected chi connectivity index (χ4v) is 2.00. The van der Waals surface area contributed by atoms with Gasteiger partial charge >= 0.3 is 0 Å². The number of nitrogens with zero attached hydrogens (tertiary/aromatic N) is 2. The van der Waals surface area contributed by atoms with E-state index in [9.17, 15) is 0 Å². The van der Waals surface area contributed by atoms with E-state index >= 15 is 0 Å². The van der Waals surface area contributed by atoms with Gasteiger partial charge in [0.25, 0.3) is 0 Å². The van der Waals surface area contributed by atoms with E-state index in [1.54, 1.807) is 0 Å². The van der Waals surface area contributed by atoms with E-state index in [4.69, 9.17) is 17.3 Å². The molecule has 0 aliphatic heterocycles. The first-order chi connectivity index (χ1) is 8.76. The van der Waals surface area contributed by atoms with E-state index in [-0.39, 0.29) is 0 Å². The second kappa shape index (κ2) is 5.89. The highest BCUT2D eigenvalue weighted by molar-refractivity contribution is 6.30. The lowest BCUT2D eigenvalue weighted by Crippen LogP contribution is -2.14. The van der Waals surface area contributed by atoms with Crippen LogP contribution in [-0.4, -0.2) is 22.9 Å². The Morgan fingerprint density at radius 1 is 1.33 bits per heavy atom. The van der Waals surface area contributed by atoms with Crippen LogP contribution in [0.1, 0.15) is 12.6 Å². The molecule has 0 aliphatic rings. The van der Waals surface area contributed by atoms with Crippen LogP contribution in [0.25, 0.3) is 5.69 Å². The molecule has 96 valence electrons. The molecule has 0 unspecified atom stereocenters. The highest BCUT2D eigenvalue weighted by atomic mass is 35.5. The predicted molar refractivity (Wildman–Crippen MR) is 75.5 cm³/mol. The van der Waals surface area contributed by atoms with Gasteiger partial charge in [0, 0.05) is 18.1 Å². The van der Waals surface area contributed by atoms with Crippen LogP contribution in [0.5, 0.6) is 0 Å². The molecule has 0 amide bonds. The molecular weight excluding hydrogens is 248 g/mol. The molecule has 0 atom stereocenters. The van der Waals surface area contributed by atoms with Gasteiger partial charge in [0.2, 0.25) is 0 Å². The summed E-state index contributed by atoms with van der Waals surface area (Å²) in [4.78, 5) is 0. The maximum atomic E-state index is 5.89. The topological polar surface area (TPSA) is 55.9 Å². The van der Waals surface area contributed by atoms with Crippen LogP contribution >= 0.6 is 11.6 Å². The van der Waals surface area contributed by atoms with Crippen LogP contribution < -0.4 is 11.1 Å². The van der Waals surface area contributed by atoms with Crippen molar-refractivity contribution < 1.29 is 0 Å². The molecule has 0 spiro atoms. The first-order valence-electron chi connectivity index (χ1n) is 6.03. The first kappa shape index (κ1) is 12.9. The standard InChI is InChI=1S/C13H17ClN4/c1-2-13-12(16-8-7-15)9-17-18(13)11-5-3-10(14)4-6-11/h3-6,9,16H,2,7-8,15H2,1H3. The highest BCUT2D eigenvalue weighted by Crippen LogP contribution is 2.21. The monoisotopic (exact) mass is 264 g/mol. The molecule has 1 aromatic carbocycles. The Balaban J connectivity index is 2.33. The average molecular weight is 265 g/mol. The van der Waals surface area contributed by atoms with Crippen LogP contribution in [0, 0.1) is 0 Å². The minimum Gasteiger partial charge on any atom is -0.381 e. The molecule has 2 rings (SSSR count). The van der Waals surface area contributed by atoms with Crippen molar-refractivity contribution in [1.82, 2.24) is 9.78 Å². The van der Waals surface area contributed by atoms with Gasteiger partial charge in [0.15, 0.2) is 0 Å². The van der Waals surface area contributed by atoms with E-state index in [1.807, 2.05) is 35.1 Å². The second-order valence-corrected chi connectivity index (χ2v) is 4.40. The Bertz CT molecular complexity index is 504. The van der Waals surface area contributed by atoms with Crippen molar-refractivity contribution in [1.29, 1.82) is 0 Å². The van der Waals surface area contributed by atoms with E-state index in [2.05, 4.69) is 17.3 Å². The molecule has 0 bridgehead atoms. The summed E-state index contributed by atoms with van der Waals surface area (Å²) in [6.07, 6.45) is 2.73. The average Bonchev–Trinajstić information content (AvgIpc) is 2.80. The van der Waals surface area contributed by atoms with Crippen LogP contribution in [0.3, 0.4) is 0 Å². The van der Waals surface area contributed by atoms with Crippen molar-refractivity contribution in [3.8, 4) is 5.69 Å². The lowest BCUT2D eigenvalue weighted by molar-refractivity contribution is 0.814. The fraction of sp³-hybridized carbons (Fsp3) is 0.308. The number of benzene rings is 1. The quantitative estimate of drug-likeness (QED) is 0.872. The van der Waals surface area contributed by atoms with Gasteiger partial charge < -0.3 is 11.1 Å². The molecule has 1 aromatic heterocycles. The third kappa shape index (κ3) is 2.66. The van der Waals surface area contributed by atoms with Crippen molar-refractivity contribution in [2.75, 3.05) is 18.4 Å². The number of rotatable bonds is 5. The number of hydrogen-bond acceptors (Lipinski definition) is 3. The Morgan fingerprint density at radius 2 is 2.06 bits per heavy atom. The number of hydrogen-bond donors (Lipinski definition) is 2. The van der Waals surface area contributed by atoms with Crippen LogP contribution in [0.4, 0.5) is 5.69 Å². The van der Waals surface area contributed by atoms with Crippen molar-refractivity contribution in [2.45, 2.75) is 13.3 Å². The zero-order chi connectivity index (χ0) is 13.0. The van der Waals surface area contributed by atoms with Crippen molar-refractivity contribution in [3.05, 3.63) is 41.2 Å². The molecule has 1 heterocycles. The number of anilines is 1. The number of nitrogens with two attached hydrogens (primary N) is 1. The Hall–Kier alpha value is -1.52. The minimum absolute atomic E-state index is 0.606. The maximum Gasteiger partial charge on any atom is 0.0764 e. The summed E-state index contributed by atoms with van der Waals surface area (Å²) in [5, 5.41) is 8.42. The predicted octanol–water partition coefficient (Wildman–Crippen LogP) is 2.46. The van der Waals surface area contributed by atoms with Gasteiger partial charge in [-0.3, -0.25) is 0 Å².